The Morgan fingerprint density at radius 2 is 1.79 bits per heavy atom. The monoisotopic (exact) mass is 189 g/mol. The molecule has 0 amide bonds. The molecule has 0 bridgehead atoms. The molecule has 1 aliphatic carbocycles. The molecule has 0 heterocycles. The van der Waals surface area contributed by atoms with Crippen molar-refractivity contribution in [2.24, 2.45) is 5.73 Å². The zero-order chi connectivity index (χ0) is 9.80. The van der Waals surface area contributed by atoms with Crippen LogP contribution in [0.15, 0.2) is 24.3 Å². The molecule has 1 unspecified atom stereocenters. The Labute approximate surface area is 86.3 Å². The number of hydrogen-bond acceptors (Lipinski definition) is 1. The molecule has 0 aromatic heterocycles. The SMILES string of the molecule is NC1CCCCCCc2ccccc21. The average Bonchev–Trinajstić information content (AvgIpc) is 2.30. The molecule has 0 spiro atoms. The first-order valence-corrected chi connectivity index (χ1v) is 5.71. The Morgan fingerprint density at radius 1 is 1.00 bits per heavy atom. The summed E-state index contributed by atoms with van der Waals surface area (Å²) in [5.41, 5.74) is 9.04. The fourth-order valence-electron chi connectivity index (χ4n) is 2.31. The minimum absolute atomic E-state index is 0.268. The third-order valence-electron chi connectivity index (χ3n) is 3.17. The summed E-state index contributed by atoms with van der Waals surface area (Å²) in [6, 6.07) is 8.94. The van der Waals surface area contributed by atoms with Gasteiger partial charge in [0.05, 0.1) is 0 Å². The number of rotatable bonds is 0. The first-order chi connectivity index (χ1) is 6.88. The normalized spacial score (nSPS) is 23.1. The summed E-state index contributed by atoms with van der Waals surface area (Å²) < 4.78 is 0. The lowest BCUT2D eigenvalue weighted by Crippen LogP contribution is -2.11. The van der Waals surface area contributed by atoms with Crippen molar-refractivity contribution < 1.29 is 0 Å². The van der Waals surface area contributed by atoms with E-state index in [1.165, 1.54) is 43.2 Å². The maximum Gasteiger partial charge on any atom is 0.0297 e. The van der Waals surface area contributed by atoms with E-state index in [2.05, 4.69) is 24.3 Å². The average molecular weight is 189 g/mol. The van der Waals surface area contributed by atoms with E-state index in [1.54, 1.807) is 0 Å². The highest BCUT2D eigenvalue weighted by Crippen LogP contribution is 2.25. The molecule has 0 saturated carbocycles. The van der Waals surface area contributed by atoms with E-state index in [0.717, 1.165) is 6.42 Å². The summed E-state index contributed by atoms with van der Waals surface area (Å²) in [7, 11) is 0. The van der Waals surface area contributed by atoms with E-state index in [0.29, 0.717) is 0 Å². The van der Waals surface area contributed by atoms with Crippen LogP contribution in [0.1, 0.15) is 49.3 Å². The molecular formula is C13H19N. The highest BCUT2D eigenvalue weighted by atomic mass is 14.6. The predicted molar refractivity (Wildman–Crippen MR) is 60.2 cm³/mol. The molecule has 0 radical (unpaired) electrons. The highest BCUT2D eigenvalue weighted by molar-refractivity contribution is 5.30. The predicted octanol–water partition coefficient (Wildman–Crippen LogP) is 3.19. The van der Waals surface area contributed by atoms with Crippen molar-refractivity contribution in [1.29, 1.82) is 0 Å². The van der Waals surface area contributed by atoms with Gasteiger partial charge in [0.25, 0.3) is 0 Å². The summed E-state index contributed by atoms with van der Waals surface area (Å²) in [6.45, 7) is 0. The Bertz CT molecular complexity index is 293. The van der Waals surface area contributed by atoms with Crippen LogP contribution >= 0.6 is 0 Å². The molecule has 1 heteroatoms. The Hall–Kier alpha value is -0.820. The van der Waals surface area contributed by atoms with Crippen LogP contribution in [0, 0.1) is 0 Å². The van der Waals surface area contributed by atoms with Crippen LogP contribution in [0.25, 0.3) is 0 Å². The van der Waals surface area contributed by atoms with Gasteiger partial charge in [-0.3, -0.25) is 0 Å². The van der Waals surface area contributed by atoms with Crippen molar-refractivity contribution in [2.75, 3.05) is 0 Å². The van der Waals surface area contributed by atoms with Crippen LogP contribution in [0.2, 0.25) is 0 Å². The second-order valence-corrected chi connectivity index (χ2v) is 4.26. The minimum Gasteiger partial charge on any atom is -0.324 e. The summed E-state index contributed by atoms with van der Waals surface area (Å²) in [5, 5.41) is 0. The van der Waals surface area contributed by atoms with Crippen LogP contribution in [-0.2, 0) is 6.42 Å². The van der Waals surface area contributed by atoms with Gasteiger partial charge in [-0.25, -0.2) is 0 Å². The molecular weight excluding hydrogens is 170 g/mol. The third kappa shape index (κ3) is 2.16. The van der Waals surface area contributed by atoms with Gasteiger partial charge in [-0.15, -0.1) is 0 Å². The van der Waals surface area contributed by atoms with Crippen LogP contribution in [0.4, 0.5) is 0 Å². The van der Waals surface area contributed by atoms with E-state index in [-0.39, 0.29) is 6.04 Å². The fraction of sp³-hybridized carbons (Fsp3) is 0.538. The first-order valence-electron chi connectivity index (χ1n) is 5.71. The summed E-state index contributed by atoms with van der Waals surface area (Å²) in [5.74, 6) is 0. The second-order valence-electron chi connectivity index (χ2n) is 4.26. The van der Waals surface area contributed by atoms with E-state index in [1.807, 2.05) is 0 Å². The van der Waals surface area contributed by atoms with Crippen molar-refractivity contribution >= 4 is 0 Å². The Morgan fingerprint density at radius 3 is 2.71 bits per heavy atom. The highest BCUT2D eigenvalue weighted by Gasteiger charge is 2.11. The van der Waals surface area contributed by atoms with Gasteiger partial charge in [-0.1, -0.05) is 43.5 Å². The molecule has 0 aliphatic heterocycles. The van der Waals surface area contributed by atoms with Gasteiger partial charge in [0.15, 0.2) is 0 Å². The summed E-state index contributed by atoms with van der Waals surface area (Å²) >= 11 is 0. The van der Waals surface area contributed by atoms with Gasteiger partial charge in [0.2, 0.25) is 0 Å². The first kappa shape index (κ1) is 9.72. The van der Waals surface area contributed by atoms with Crippen LogP contribution in [-0.4, -0.2) is 0 Å². The lowest BCUT2D eigenvalue weighted by molar-refractivity contribution is 0.574. The smallest absolute Gasteiger partial charge is 0.0297 e. The van der Waals surface area contributed by atoms with Gasteiger partial charge >= 0.3 is 0 Å². The quantitative estimate of drug-likeness (QED) is 0.666. The number of hydrogen-bond donors (Lipinski definition) is 1. The standard InChI is InChI=1S/C13H19N/c14-13-10-4-2-1-3-7-11-8-5-6-9-12(11)13/h5-6,8-9,13H,1-4,7,10,14H2. The van der Waals surface area contributed by atoms with E-state index in [4.69, 9.17) is 5.73 Å². The van der Waals surface area contributed by atoms with Gasteiger partial charge in [0.1, 0.15) is 0 Å². The van der Waals surface area contributed by atoms with E-state index >= 15 is 0 Å². The van der Waals surface area contributed by atoms with Gasteiger partial charge in [-0.05, 0) is 30.4 Å². The summed E-state index contributed by atoms with van der Waals surface area (Å²) in [6.07, 6.45) is 7.68. The zero-order valence-corrected chi connectivity index (χ0v) is 8.71. The largest absolute Gasteiger partial charge is 0.324 e. The van der Waals surface area contributed by atoms with Crippen LogP contribution < -0.4 is 5.73 Å². The number of aryl methyl sites for hydroxylation is 1. The molecule has 14 heavy (non-hydrogen) atoms. The molecule has 1 atom stereocenters. The van der Waals surface area contributed by atoms with E-state index in [9.17, 15) is 0 Å². The minimum atomic E-state index is 0.268. The molecule has 1 aromatic rings. The third-order valence-corrected chi connectivity index (χ3v) is 3.17. The van der Waals surface area contributed by atoms with Crippen molar-refractivity contribution in [3.63, 3.8) is 0 Å². The number of benzene rings is 1. The van der Waals surface area contributed by atoms with Crippen molar-refractivity contribution in [1.82, 2.24) is 0 Å². The van der Waals surface area contributed by atoms with Crippen molar-refractivity contribution in [2.45, 2.75) is 44.6 Å². The molecule has 76 valence electrons. The zero-order valence-electron chi connectivity index (χ0n) is 8.71. The van der Waals surface area contributed by atoms with Gasteiger partial charge in [-0.2, -0.15) is 0 Å². The number of nitrogens with two attached hydrogens (primary N) is 1. The van der Waals surface area contributed by atoms with E-state index < -0.39 is 0 Å². The van der Waals surface area contributed by atoms with Crippen LogP contribution in [0.3, 0.4) is 0 Å². The van der Waals surface area contributed by atoms with Gasteiger partial charge < -0.3 is 5.73 Å². The Balaban J connectivity index is 2.26. The lowest BCUT2D eigenvalue weighted by atomic mass is 9.96. The molecule has 2 N–H and O–H groups in total. The van der Waals surface area contributed by atoms with Crippen molar-refractivity contribution in [3.8, 4) is 0 Å². The lowest BCUT2D eigenvalue weighted by Gasteiger charge is -2.14. The second kappa shape index (κ2) is 4.61. The van der Waals surface area contributed by atoms with Crippen molar-refractivity contribution in [3.05, 3.63) is 35.4 Å². The molecule has 0 saturated heterocycles. The Kier molecular flexibility index (Phi) is 3.20. The molecule has 2 rings (SSSR count). The van der Waals surface area contributed by atoms with Crippen LogP contribution in [0.5, 0.6) is 0 Å². The molecule has 1 aromatic carbocycles. The van der Waals surface area contributed by atoms with Gasteiger partial charge in [0, 0.05) is 6.04 Å². The topological polar surface area (TPSA) is 26.0 Å². The molecule has 1 nitrogen and oxygen atoms in total. The fourth-order valence-corrected chi connectivity index (χ4v) is 2.31. The maximum absolute atomic E-state index is 6.19. The molecule has 0 fully saturated rings. The summed E-state index contributed by atoms with van der Waals surface area (Å²) in [4.78, 5) is 0. The maximum atomic E-state index is 6.19. The number of fused-ring (bicyclic) bond motifs is 1. The molecule has 1 aliphatic rings.